The molecule has 0 aliphatic heterocycles. The Labute approximate surface area is 261 Å². The topological polar surface area (TPSA) is 9.23 Å². The van der Waals surface area contributed by atoms with Gasteiger partial charge in [-0.2, -0.15) is 0 Å². The molecular weight excluding hydrogens is 496 g/mol. The van der Waals surface area contributed by atoms with Crippen molar-refractivity contribution in [1.82, 2.24) is 0 Å². The van der Waals surface area contributed by atoms with E-state index in [-0.39, 0.29) is 0 Å². The van der Waals surface area contributed by atoms with E-state index >= 15 is 0 Å². The molecule has 0 aromatic heterocycles. The highest BCUT2D eigenvalue weighted by Crippen LogP contribution is 2.23. The quantitative estimate of drug-likeness (QED) is 0.0534. The molecule has 2 atom stereocenters. The minimum absolute atomic E-state index is 0.503. The Morgan fingerprint density at radius 3 is 0.878 bits per heavy atom. The van der Waals surface area contributed by atoms with Crippen LogP contribution in [-0.4, -0.2) is 12.2 Å². The molecule has 0 aromatic rings. The van der Waals surface area contributed by atoms with E-state index < -0.39 is 0 Å². The molecule has 0 aromatic carbocycles. The number of unbranched alkanes of at least 4 members (excludes halogenated alkanes) is 24. The molecule has 0 spiro atoms. The van der Waals surface area contributed by atoms with Gasteiger partial charge in [0.15, 0.2) is 0 Å². The third-order valence-electron chi connectivity index (χ3n) is 9.01. The SMILES string of the molecule is C=CCCCCCCCCCC(CCCCCCCC)OC(CCCCCCCC)CCCCCCCCCC=C. The summed E-state index contributed by atoms with van der Waals surface area (Å²) in [5, 5.41) is 0. The van der Waals surface area contributed by atoms with Crippen molar-refractivity contribution in [3.8, 4) is 0 Å². The second-order valence-corrected chi connectivity index (χ2v) is 13.2. The standard InChI is InChI=1S/C40H78O/c1-5-9-13-17-21-23-25-29-33-37-39(35-31-27-19-15-11-7-3)41-40(36-32-28-20-16-12-8-4)38-34-30-26-24-22-18-14-10-6-2/h5-6,39-40H,1-2,7-38H2,3-4H3. The van der Waals surface area contributed by atoms with Crippen LogP contribution in [0.25, 0.3) is 0 Å². The van der Waals surface area contributed by atoms with E-state index in [1.807, 2.05) is 0 Å². The van der Waals surface area contributed by atoms with Crippen LogP contribution in [0, 0.1) is 0 Å². The van der Waals surface area contributed by atoms with Crippen molar-refractivity contribution in [3.63, 3.8) is 0 Å². The first kappa shape index (κ1) is 40.4. The molecule has 0 aliphatic carbocycles. The van der Waals surface area contributed by atoms with Gasteiger partial charge in [0.2, 0.25) is 0 Å². The summed E-state index contributed by atoms with van der Waals surface area (Å²) < 4.78 is 7.03. The second kappa shape index (κ2) is 35.6. The fourth-order valence-corrected chi connectivity index (χ4v) is 6.23. The summed E-state index contributed by atoms with van der Waals surface area (Å²) >= 11 is 0. The Morgan fingerprint density at radius 2 is 0.610 bits per heavy atom. The highest BCUT2D eigenvalue weighted by Gasteiger charge is 2.17. The predicted octanol–water partition coefficient (Wildman–Crippen LogP) is 14.6. The number of ether oxygens (including phenoxy) is 1. The van der Waals surface area contributed by atoms with Crippen molar-refractivity contribution in [2.45, 2.75) is 232 Å². The third kappa shape index (κ3) is 32.2. The Balaban J connectivity index is 4.61. The van der Waals surface area contributed by atoms with Gasteiger partial charge in [0.05, 0.1) is 12.2 Å². The highest BCUT2D eigenvalue weighted by atomic mass is 16.5. The maximum Gasteiger partial charge on any atom is 0.0578 e. The second-order valence-electron chi connectivity index (χ2n) is 13.2. The van der Waals surface area contributed by atoms with Gasteiger partial charge >= 0.3 is 0 Å². The molecule has 0 bridgehead atoms. The first-order valence-corrected chi connectivity index (χ1v) is 19.2. The van der Waals surface area contributed by atoms with Gasteiger partial charge in [-0.15, -0.1) is 13.2 Å². The van der Waals surface area contributed by atoms with Crippen molar-refractivity contribution >= 4 is 0 Å². The van der Waals surface area contributed by atoms with Crippen molar-refractivity contribution in [2.75, 3.05) is 0 Å². The van der Waals surface area contributed by atoms with E-state index in [0.717, 1.165) is 0 Å². The molecule has 2 unspecified atom stereocenters. The molecule has 0 rings (SSSR count). The Hall–Kier alpha value is -0.560. The molecule has 0 heterocycles. The molecule has 1 nitrogen and oxygen atoms in total. The molecule has 0 saturated carbocycles. The van der Waals surface area contributed by atoms with Crippen LogP contribution in [0.2, 0.25) is 0 Å². The third-order valence-corrected chi connectivity index (χ3v) is 9.01. The van der Waals surface area contributed by atoms with Gasteiger partial charge in [0, 0.05) is 0 Å². The zero-order valence-corrected chi connectivity index (χ0v) is 28.8. The lowest BCUT2D eigenvalue weighted by Crippen LogP contribution is -2.23. The highest BCUT2D eigenvalue weighted by molar-refractivity contribution is 4.68. The lowest BCUT2D eigenvalue weighted by molar-refractivity contribution is -0.0324. The van der Waals surface area contributed by atoms with Crippen LogP contribution in [0.15, 0.2) is 25.3 Å². The van der Waals surface area contributed by atoms with Crippen LogP contribution in [0.1, 0.15) is 219 Å². The van der Waals surface area contributed by atoms with E-state index in [1.54, 1.807) is 0 Å². The molecule has 0 saturated heterocycles. The number of hydrogen-bond donors (Lipinski definition) is 0. The van der Waals surface area contributed by atoms with Crippen LogP contribution < -0.4 is 0 Å². The Morgan fingerprint density at radius 1 is 0.366 bits per heavy atom. The number of rotatable bonds is 36. The monoisotopic (exact) mass is 575 g/mol. The average molecular weight is 575 g/mol. The molecule has 0 radical (unpaired) electrons. The predicted molar refractivity (Wildman–Crippen MR) is 188 cm³/mol. The van der Waals surface area contributed by atoms with E-state index in [2.05, 4.69) is 39.2 Å². The van der Waals surface area contributed by atoms with Crippen LogP contribution >= 0.6 is 0 Å². The van der Waals surface area contributed by atoms with E-state index in [4.69, 9.17) is 4.74 Å². The lowest BCUT2D eigenvalue weighted by Gasteiger charge is -2.26. The van der Waals surface area contributed by atoms with E-state index in [1.165, 1.54) is 205 Å². The van der Waals surface area contributed by atoms with Crippen molar-refractivity contribution in [1.29, 1.82) is 0 Å². The smallest absolute Gasteiger partial charge is 0.0578 e. The van der Waals surface area contributed by atoms with E-state index in [0.29, 0.717) is 12.2 Å². The Bertz CT molecular complexity index is 453. The Kier molecular flexibility index (Phi) is 35.1. The van der Waals surface area contributed by atoms with Gasteiger partial charge in [0.25, 0.3) is 0 Å². The van der Waals surface area contributed by atoms with Crippen molar-refractivity contribution < 1.29 is 4.74 Å². The largest absolute Gasteiger partial charge is 0.375 e. The summed E-state index contributed by atoms with van der Waals surface area (Å²) in [4.78, 5) is 0. The summed E-state index contributed by atoms with van der Waals surface area (Å²) in [5.41, 5.74) is 0. The molecule has 41 heavy (non-hydrogen) atoms. The maximum absolute atomic E-state index is 7.03. The van der Waals surface area contributed by atoms with Crippen LogP contribution in [0.3, 0.4) is 0 Å². The summed E-state index contributed by atoms with van der Waals surface area (Å²) in [7, 11) is 0. The number of allylic oxidation sites excluding steroid dienone is 2. The summed E-state index contributed by atoms with van der Waals surface area (Å²) in [6, 6.07) is 0. The van der Waals surface area contributed by atoms with Crippen LogP contribution in [0.5, 0.6) is 0 Å². The fraction of sp³-hybridized carbons (Fsp3) is 0.900. The van der Waals surface area contributed by atoms with Gasteiger partial charge in [-0.05, 0) is 51.4 Å². The van der Waals surface area contributed by atoms with E-state index in [9.17, 15) is 0 Å². The van der Waals surface area contributed by atoms with Crippen molar-refractivity contribution in [2.24, 2.45) is 0 Å². The first-order valence-electron chi connectivity index (χ1n) is 19.2. The van der Waals surface area contributed by atoms with Gasteiger partial charge < -0.3 is 4.74 Å². The molecule has 0 aliphatic rings. The fourth-order valence-electron chi connectivity index (χ4n) is 6.23. The molecule has 244 valence electrons. The van der Waals surface area contributed by atoms with Crippen LogP contribution in [-0.2, 0) is 4.74 Å². The summed E-state index contributed by atoms with van der Waals surface area (Å²) in [5.74, 6) is 0. The summed E-state index contributed by atoms with van der Waals surface area (Å²) in [6.07, 6.45) is 48.8. The minimum Gasteiger partial charge on any atom is -0.375 e. The zero-order chi connectivity index (χ0) is 29.9. The molecule has 0 fully saturated rings. The van der Waals surface area contributed by atoms with Crippen LogP contribution in [0.4, 0.5) is 0 Å². The van der Waals surface area contributed by atoms with Gasteiger partial charge in [-0.1, -0.05) is 180 Å². The molecule has 0 amide bonds. The molecule has 0 N–H and O–H groups in total. The molecule has 1 heteroatoms. The average Bonchev–Trinajstić information content (AvgIpc) is 2.98. The van der Waals surface area contributed by atoms with Gasteiger partial charge in [0.1, 0.15) is 0 Å². The molecular formula is C40H78O. The lowest BCUT2D eigenvalue weighted by atomic mass is 9.99. The van der Waals surface area contributed by atoms with Crippen molar-refractivity contribution in [3.05, 3.63) is 25.3 Å². The normalized spacial score (nSPS) is 12.9. The zero-order valence-electron chi connectivity index (χ0n) is 28.8. The van der Waals surface area contributed by atoms with Gasteiger partial charge in [-0.3, -0.25) is 0 Å². The maximum atomic E-state index is 7.03. The van der Waals surface area contributed by atoms with Gasteiger partial charge in [-0.25, -0.2) is 0 Å². The first-order chi connectivity index (χ1) is 20.3. The summed E-state index contributed by atoms with van der Waals surface area (Å²) in [6.45, 7) is 12.3. The number of hydrogen-bond acceptors (Lipinski definition) is 1. The minimum atomic E-state index is 0.503.